The summed E-state index contributed by atoms with van der Waals surface area (Å²) in [7, 11) is 1.53. The fourth-order valence-corrected chi connectivity index (χ4v) is 2.23. The summed E-state index contributed by atoms with van der Waals surface area (Å²) < 4.78 is 10.8. The lowest BCUT2D eigenvalue weighted by atomic mass is 10.1. The molecule has 5 heteroatoms. The Morgan fingerprint density at radius 2 is 2.00 bits per heavy atom. The van der Waals surface area contributed by atoms with Crippen LogP contribution in [-0.4, -0.2) is 19.6 Å². The highest BCUT2D eigenvalue weighted by Gasteiger charge is 2.10. The minimum absolute atomic E-state index is 0.0164. The van der Waals surface area contributed by atoms with Crippen LogP contribution in [0.1, 0.15) is 11.1 Å². The summed E-state index contributed by atoms with van der Waals surface area (Å²) in [6, 6.07) is 16.6. The van der Waals surface area contributed by atoms with Crippen LogP contribution in [0.15, 0.2) is 66.8 Å². The number of ether oxygens (including phenoxy) is 2. The van der Waals surface area contributed by atoms with Crippen molar-refractivity contribution >= 4 is 12.0 Å². The molecular weight excluding hydrogens is 328 g/mol. The summed E-state index contributed by atoms with van der Waals surface area (Å²) >= 11 is 0. The average Bonchev–Trinajstić information content (AvgIpc) is 2.69. The predicted octanol–water partition coefficient (Wildman–Crippen LogP) is 3.48. The van der Waals surface area contributed by atoms with Gasteiger partial charge in [-0.3, -0.25) is 4.79 Å². The number of carbonyl (C=O) groups excluding carboxylic acids is 1. The van der Waals surface area contributed by atoms with Gasteiger partial charge >= 0.3 is 0 Å². The van der Waals surface area contributed by atoms with Crippen LogP contribution in [0.3, 0.4) is 0 Å². The number of nitriles is 1. The van der Waals surface area contributed by atoms with Gasteiger partial charge in [0.05, 0.1) is 7.11 Å². The predicted molar refractivity (Wildman–Crippen MR) is 101 cm³/mol. The van der Waals surface area contributed by atoms with E-state index in [1.54, 1.807) is 24.3 Å². The number of methoxy groups -OCH3 is 1. The first-order valence-corrected chi connectivity index (χ1v) is 8.03. The fourth-order valence-electron chi connectivity index (χ4n) is 2.23. The number of amides is 1. The summed E-state index contributed by atoms with van der Waals surface area (Å²) in [5.41, 5.74) is 1.64. The van der Waals surface area contributed by atoms with Crippen LogP contribution in [0.2, 0.25) is 0 Å². The second-order valence-electron chi connectivity index (χ2n) is 5.35. The van der Waals surface area contributed by atoms with Crippen molar-refractivity contribution in [3.05, 3.63) is 77.9 Å². The molecule has 0 aliphatic carbocycles. The van der Waals surface area contributed by atoms with Gasteiger partial charge in [0.25, 0.3) is 5.91 Å². The van der Waals surface area contributed by atoms with Gasteiger partial charge in [-0.2, -0.15) is 5.26 Å². The van der Waals surface area contributed by atoms with E-state index >= 15 is 0 Å². The van der Waals surface area contributed by atoms with Crippen LogP contribution in [-0.2, 0) is 11.3 Å². The first kappa shape index (κ1) is 18.8. The number of benzene rings is 2. The van der Waals surface area contributed by atoms with E-state index in [9.17, 15) is 10.1 Å². The second kappa shape index (κ2) is 9.70. The first-order valence-electron chi connectivity index (χ1n) is 8.03. The van der Waals surface area contributed by atoms with Crippen LogP contribution in [0.25, 0.3) is 6.08 Å². The summed E-state index contributed by atoms with van der Waals surface area (Å²) in [6.07, 6.45) is 3.15. The number of hydrogen-bond donors (Lipinski definition) is 1. The molecule has 132 valence electrons. The van der Waals surface area contributed by atoms with Gasteiger partial charge in [-0.25, -0.2) is 0 Å². The Balaban J connectivity index is 2.13. The van der Waals surface area contributed by atoms with Crippen LogP contribution < -0.4 is 14.8 Å². The van der Waals surface area contributed by atoms with Gasteiger partial charge in [0.15, 0.2) is 11.5 Å². The molecule has 0 fully saturated rings. The third-order valence-electron chi connectivity index (χ3n) is 3.52. The highest BCUT2D eigenvalue weighted by Crippen LogP contribution is 2.29. The number of carbonyl (C=O) groups is 1. The molecule has 0 saturated carbocycles. The molecule has 2 rings (SSSR count). The summed E-state index contributed by atoms with van der Waals surface area (Å²) in [6.45, 7) is 4.32. The van der Waals surface area contributed by atoms with E-state index in [0.29, 0.717) is 30.2 Å². The Kier molecular flexibility index (Phi) is 7.02. The molecule has 2 aromatic carbocycles. The third kappa shape index (κ3) is 5.25. The molecule has 0 atom stereocenters. The first-order chi connectivity index (χ1) is 12.7. The maximum Gasteiger partial charge on any atom is 0.262 e. The normalized spacial score (nSPS) is 10.5. The summed E-state index contributed by atoms with van der Waals surface area (Å²) in [5, 5.41) is 12.0. The molecule has 1 amide bonds. The molecule has 0 saturated heterocycles. The van der Waals surface area contributed by atoms with Crippen molar-refractivity contribution in [1.82, 2.24) is 5.32 Å². The van der Waals surface area contributed by atoms with Crippen LogP contribution in [0.4, 0.5) is 0 Å². The Bertz CT molecular complexity index is 836. The van der Waals surface area contributed by atoms with Gasteiger partial charge in [0, 0.05) is 6.54 Å². The lowest BCUT2D eigenvalue weighted by molar-refractivity contribution is -0.117. The lowest BCUT2D eigenvalue weighted by Crippen LogP contribution is -2.23. The van der Waals surface area contributed by atoms with Crippen LogP contribution >= 0.6 is 0 Å². The zero-order chi connectivity index (χ0) is 18.8. The third-order valence-corrected chi connectivity index (χ3v) is 3.52. The Morgan fingerprint density at radius 3 is 2.65 bits per heavy atom. The monoisotopic (exact) mass is 348 g/mol. The number of nitrogens with one attached hydrogen (secondary N) is 1. The zero-order valence-corrected chi connectivity index (χ0v) is 14.6. The Hall–Kier alpha value is -3.52. The number of nitrogens with zero attached hydrogens (tertiary/aromatic N) is 1. The summed E-state index contributed by atoms with van der Waals surface area (Å²) in [4.78, 5) is 12.2. The highest BCUT2D eigenvalue weighted by molar-refractivity contribution is 6.01. The van der Waals surface area contributed by atoms with Gasteiger partial charge in [-0.15, -0.1) is 0 Å². The molecule has 0 aromatic heterocycles. The molecule has 0 radical (unpaired) electrons. The Labute approximate surface area is 153 Å². The van der Waals surface area contributed by atoms with Gasteiger partial charge in [-0.05, 0) is 29.3 Å². The molecule has 2 aromatic rings. The van der Waals surface area contributed by atoms with Crippen molar-refractivity contribution in [3.8, 4) is 17.6 Å². The van der Waals surface area contributed by atoms with Gasteiger partial charge in [-0.1, -0.05) is 49.1 Å². The van der Waals surface area contributed by atoms with Gasteiger partial charge in [0.2, 0.25) is 0 Å². The smallest absolute Gasteiger partial charge is 0.262 e. The fraction of sp³-hybridized carbons (Fsp3) is 0.143. The topological polar surface area (TPSA) is 71.3 Å². The molecule has 0 heterocycles. The van der Waals surface area contributed by atoms with Crippen LogP contribution in [0.5, 0.6) is 11.5 Å². The lowest BCUT2D eigenvalue weighted by Gasteiger charge is -2.10. The van der Waals surface area contributed by atoms with Crippen molar-refractivity contribution in [2.45, 2.75) is 6.54 Å². The zero-order valence-electron chi connectivity index (χ0n) is 14.6. The molecule has 0 unspecified atom stereocenters. The van der Waals surface area contributed by atoms with E-state index in [2.05, 4.69) is 11.9 Å². The van der Waals surface area contributed by atoms with E-state index in [4.69, 9.17) is 9.47 Å². The highest BCUT2D eigenvalue weighted by atomic mass is 16.5. The maximum absolute atomic E-state index is 12.2. The van der Waals surface area contributed by atoms with E-state index in [0.717, 1.165) is 5.56 Å². The largest absolute Gasteiger partial charge is 0.493 e. The maximum atomic E-state index is 12.2. The molecule has 0 bridgehead atoms. The molecule has 0 spiro atoms. The van der Waals surface area contributed by atoms with E-state index in [-0.39, 0.29) is 5.57 Å². The molecule has 0 aliphatic heterocycles. The minimum atomic E-state index is -0.428. The molecular formula is C21H20N2O3. The van der Waals surface area contributed by atoms with Crippen molar-refractivity contribution < 1.29 is 14.3 Å². The van der Waals surface area contributed by atoms with Gasteiger partial charge in [0.1, 0.15) is 18.2 Å². The van der Waals surface area contributed by atoms with Crippen molar-refractivity contribution in [3.63, 3.8) is 0 Å². The molecule has 26 heavy (non-hydrogen) atoms. The summed E-state index contributed by atoms with van der Waals surface area (Å²) in [5.74, 6) is 0.654. The van der Waals surface area contributed by atoms with Crippen molar-refractivity contribution in [2.75, 3.05) is 13.7 Å². The second-order valence-corrected chi connectivity index (χ2v) is 5.35. The van der Waals surface area contributed by atoms with E-state index in [1.807, 2.05) is 36.4 Å². The average molecular weight is 348 g/mol. The Morgan fingerprint density at radius 1 is 1.23 bits per heavy atom. The number of rotatable bonds is 8. The van der Waals surface area contributed by atoms with Crippen molar-refractivity contribution in [1.29, 1.82) is 5.26 Å². The standard InChI is InChI=1S/C21H20N2O3/c1-3-11-26-19-10-9-17(13-20(19)25-2)12-18(14-22)21(24)23-15-16-7-5-4-6-8-16/h3-10,12-13H,1,11,15H2,2H3,(H,23,24)/b18-12-. The van der Waals surface area contributed by atoms with Crippen LogP contribution in [0, 0.1) is 11.3 Å². The molecule has 5 nitrogen and oxygen atoms in total. The quantitative estimate of drug-likeness (QED) is 0.450. The molecule has 1 N–H and O–H groups in total. The van der Waals surface area contributed by atoms with E-state index < -0.39 is 5.91 Å². The SMILES string of the molecule is C=CCOc1ccc(/C=C(/C#N)C(=O)NCc2ccccc2)cc1OC. The number of hydrogen-bond acceptors (Lipinski definition) is 4. The van der Waals surface area contributed by atoms with E-state index in [1.165, 1.54) is 13.2 Å². The minimum Gasteiger partial charge on any atom is -0.493 e. The molecule has 0 aliphatic rings. The van der Waals surface area contributed by atoms with Crippen molar-refractivity contribution in [2.24, 2.45) is 0 Å². The van der Waals surface area contributed by atoms with Gasteiger partial charge < -0.3 is 14.8 Å².